The normalized spacial score (nSPS) is 20.0. The van der Waals surface area contributed by atoms with Gasteiger partial charge in [-0.2, -0.15) is 13.8 Å². The molecule has 1 unspecified atom stereocenters. The number of halogens is 3. The van der Waals surface area contributed by atoms with Crippen LogP contribution >= 0.6 is 0 Å². The Balaban J connectivity index is 0.750. The standard InChI is InChI=1S/C51H65F3N10O9/c1-49(2,17-19-55-31-11-12-33-34(25-31)46(69)64(45(33)68)38-13-14-41(65)59-44(38)67)72-23-18-50(3,4)73-24-22-62-20-15-30(16-21-62)57-43(66)35-26-40(71-6)37(27-36(35)52)58-48-56-28-39-42(60-48)63(32-9-7-8-10-32)29-51(53,54)47(70)61(39)5/h11-12,25-28,30,32,38,55H,7-10,13-24,29H2,1-6H3,(H,57,66)(H,56,58,60)(H,59,65,67). The third-order valence-electron chi connectivity index (χ3n) is 14.4. The van der Waals surface area contributed by atoms with E-state index in [4.69, 9.17) is 14.2 Å². The Hall–Kier alpha value is -6.39. The molecular weight excluding hydrogens is 954 g/mol. The Morgan fingerprint density at radius 3 is 2.32 bits per heavy atom. The SMILES string of the molecule is COc1cc(C(=O)NC2CCN(CCOC(C)(C)CCOC(C)(C)CCNc3ccc4c(c3)C(=O)N(C3CCC(=O)NC3=O)C4=O)CC2)c(F)cc1Nc1ncc2c(n1)N(C1CCCC1)CC(F)(F)C(=O)N2C. The van der Waals surface area contributed by atoms with Crippen LogP contribution in [0.5, 0.6) is 5.75 Å². The van der Waals surface area contributed by atoms with E-state index >= 15 is 13.2 Å². The molecule has 4 N–H and O–H groups in total. The summed E-state index contributed by atoms with van der Waals surface area (Å²) < 4.78 is 64.0. The van der Waals surface area contributed by atoms with E-state index in [1.165, 1.54) is 31.3 Å². The van der Waals surface area contributed by atoms with E-state index in [0.29, 0.717) is 83.6 Å². The van der Waals surface area contributed by atoms with E-state index in [9.17, 15) is 28.8 Å². The molecular formula is C51H65F3N10O9. The van der Waals surface area contributed by atoms with E-state index in [1.807, 2.05) is 27.7 Å². The highest BCUT2D eigenvalue weighted by Gasteiger charge is 2.49. The van der Waals surface area contributed by atoms with Gasteiger partial charge in [-0.3, -0.25) is 39.0 Å². The highest BCUT2D eigenvalue weighted by molar-refractivity contribution is 6.23. The van der Waals surface area contributed by atoms with Crippen molar-refractivity contribution in [2.75, 3.05) is 80.5 Å². The molecule has 2 saturated heterocycles. The molecule has 0 spiro atoms. The Morgan fingerprint density at radius 1 is 0.904 bits per heavy atom. The summed E-state index contributed by atoms with van der Waals surface area (Å²) in [5.74, 6) is -8.31. The van der Waals surface area contributed by atoms with E-state index in [2.05, 4.69) is 36.1 Å². The molecule has 5 aliphatic rings. The summed E-state index contributed by atoms with van der Waals surface area (Å²) >= 11 is 0. The van der Waals surface area contributed by atoms with Gasteiger partial charge in [0.15, 0.2) is 5.82 Å². The van der Waals surface area contributed by atoms with Crippen molar-refractivity contribution in [3.05, 3.63) is 59.0 Å². The fourth-order valence-corrected chi connectivity index (χ4v) is 10.0. The number of nitrogens with one attached hydrogen (secondary N) is 4. The van der Waals surface area contributed by atoms with Crippen LogP contribution in [0.15, 0.2) is 36.5 Å². The van der Waals surface area contributed by atoms with Gasteiger partial charge in [0.05, 0.1) is 66.6 Å². The average Bonchev–Trinajstić information content (AvgIpc) is 3.95. The van der Waals surface area contributed by atoms with Crippen LogP contribution in [0.2, 0.25) is 0 Å². The largest absolute Gasteiger partial charge is 0.495 e. The summed E-state index contributed by atoms with van der Waals surface area (Å²) in [6.07, 6.45) is 7.11. The second kappa shape index (κ2) is 21.6. The van der Waals surface area contributed by atoms with Crippen LogP contribution in [-0.4, -0.2) is 151 Å². The number of nitrogens with zero attached hydrogens (tertiary/aromatic N) is 6. The van der Waals surface area contributed by atoms with Crippen LogP contribution in [0, 0.1) is 5.82 Å². The first kappa shape index (κ1) is 52.9. The molecule has 3 fully saturated rings. The molecule has 3 aromatic rings. The number of rotatable bonds is 19. The lowest BCUT2D eigenvalue weighted by Crippen LogP contribution is -2.54. The lowest BCUT2D eigenvalue weighted by Gasteiger charge is -2.34. The molecule has 8 rings (SSSR count). The van der Waals surface area contributed by atoms with Gasteiger partial charge in [0.2, 0.25) is 17.8 Å². The molecule has 73 heavy (non-hydrogen) atoms. The third-order valence-corrected chi connectivity index (χ3v) is 14.4. The van der Waals surface area contributed by atoms with Gasteiger partial charge in [-0.1, -0.05) is 12.8 Å². The summed E-state index contributed by atoms with van der Waals surface area (Å²) in [5, 5.41) is 11.4. The first-order chi connectivity index (χ1) is 34.6. The van der Waals surface area contributed by atoms with Crippen molar-refractivity contribution in [1.29, 1.82) is 0 Å². The smallest absolute Gasteiger partial charge is 0.342 e. The van der Waals surface area contributed by atoms with Crippen LogP contribution in [0.1, 0.15) is 123 Å². The lowest BCUT2D eigenvalue weighted by molar-refractivity contribution is -0.140. The number of fused-ring (bicyclic) bond motifs is 2. The summed E-state index contributed by atoms with van der Waals surface area (Å²) in [7, 11) is 2.64. The number of hydrogen-bond acceptors (Lipinski definition) is 15. The van der Waals surface area contributed by atoms with Gasteiger partial charge in [0.1, 0.15) is 23.3 Å². The van der Waals surface area contributed by atoms with Gasteiger partial charge < -0.3 is 44.9 Å². The molecule has 1 aliphatic carbocycles. The molecule has 0 radical (unpaired) electrons. The summed E-state index contributed by atoms with van der Waals surface area (Å²) in [5.41, 5.74) is 0.168. The summed E-state index contributed by atoms with van der Waals surface area (Å²) in [4.78, 5) is 90.8. The van der Waals surface area contributed by atoms with Crippen molar-refractivity contribution in [2.24, 2.45) is 0 Å². The van der Waals surface area contributed by atoms with Gasteiger partial charge in [0, 0.05) is 63.5 Å². The molecule has 19 nitrogen and oxygen atoms in total. The van der Waals surface area contributed by atoms with Gasteiger partial charge in [-0.05, 0) is 96.9 Å². The van der Waals surface area contributed by atoms with Gasteiger partial charge in [-0.15, -0.1) is 0 Å². The van der Waals surface area contributed by atoms with E-state index < -0.39 is 71.0 Å². The topological polar surface area (TPSA) is 217 Å². The minimum atomic E-state index is -3.64. The van der Waals surface area contributed by atoms with Crippen LogP contribution < -0.4 is 35.8 Å². The number of hydrogen-bond donors (Lipinski definition) is 4. The predicted octanol–water partition coefficient (Wildman–Crippen LogP) is 5.81. The first-order valence-corrected chi connectivity index (χ1v) is 25.0. The maximum Gasteiger partial charge on any atom is 0.342 e. The van der Waals surface area contributed by atoms with Crippen molar-refractivity contribution >= 4 is 64.3 Å². The predicted molar refractivity (Wildman–Crippen MR) is 264 cm³/mol. The Kier molecular flexibility index (Phi) is 15.7. The number of piperidine rings is 2. The molecule has 0 bridgehead atoms. The number of amides is 6. The molecule has 2 aromatic carbocycles. The zero-order valence-corrected chi connectivity index (χ0v) is 42.2. The highest BCUT2D eigenvalue weighted by atomic mass is 19.3. The van der Waals surface area contributed by atoms with Crippen molar-refractivity contribution in [3.63, 3.8) is 0 Å². The minimum Gasteiger partial charge on any atom is -0.495 e. The molecule has 5 heterocycles. The second-order valence-corrected chi connectivity index (χ2v) is 20.6. The number of aromatic nitrogens is 2. The number of methoxy groups -OCH3 is 1. The van der Waals surface area contributed by atoms with Crippen LogP contribution in [0.4, 0.5) is 42.0 Å². The maximum absolute atomic E-state index is 15.7. The highest BCUT2D eigenvalue weighted by Crippen LogP contribution is 2.40. The average molecular weight is 1020 g/mol. The summed E-state index contributed by atoms with van der Waals surface area (Å²) in [6.45, 7) is 10.8. The first-order valence-electron chi connectivity index (χ1n) is 25.0. The Bertz CT molecular complexity index is 2620. The van der Waals surface area contributed by atoms with Crippen molar-refractivity contribution in [3.8, 4) is 5.75 Å². The quantitative estimate of drug-likeness (QED) is 0.104. The number of carbonyl (C=O) groups is 6. The Morgan fingerprint density at radius 2 is 1.60 bits per heavy atom. The fourth-order valence-electron chi connectivity index (χ4n) is 10.0. The number of anilines is 5. The van der Waals surface area contributed by atoms with E-state index in [0.717, 1.165) is 28.7 Å². The zero-order chi connectivity index (χ0) is 52.4. The number of benzene rings is 2. The van der Waals surface area contributed by atoms with Gasteiger partial charge in [0.25, 0.3) is 23.6 Å². The number of likely N-dealkylation sites (tertiary alicyclic amines) is 1. The maximum atomic E-state index is 15.7. The van der Waals surface area contributed by atoms with Crippen molar-refractivity contribution in [2.45, 2.75) is 127 Å². The van der Waals surface area contributed by atoms with Crippen LogP contribution in [-0.2, 0) is 23.9 Å². The molecule has 1 saturated carbocycles. The monoisotopic (exact) mass is 1020 g/mol. The number of alkyl halides is 2. The molecule has 1 atom stereocenters. The van der Waals surface area contributed by atoms with Crippen LogP contribution in [0.25, 0.3) is 0 Å². The van der Waals surface area contributed by atoms with Crippen molar-refractivity contribution < 1.29 is 56.1 Å². The van der Waals surface area contributed by atoms with E-state index in [1.54, 1.807) is 18.2 Å². The van der Waals surface area contributed by atoms with Gasteiger partial charge >= 0.3 is 5.92 Å². The van der Waals surface area contributed by atoms with Gasteiger partial charge in [-0.25, -0.2) is 9.37 Å². The third kappa shape index (κ3) is 12.0. The second-order valence-electron chi connectivity index (χ2n) is 20.6. The molecule has 1 aromatic heterocycles. The van der Waals surface area contributed by atoms with E-state index in [-0.39, 0.29) is 70.5 Å². The zero-order valence-electron chi connectivity index (χ0n) is 42.2. The molecule has 6 amide bonds. The fraction of sp³-hybridized carbons (Fsp3) is 0.569. The summed E-state index contributed by atoms with van der Waals surface area (Å²) in [6, 6.07) is 5.86. The lowest BCUT2D eigenvalue weighted by atomic mass is 10.0. The number of carbonyl (C=O) groups excluding carboxylic acids is 6. The molecule has 4 aliphatic heterocycles. The van der Waals surface area contributed by atoms with Crippen LogP contribution in [0.3, 0.4) is 0 Å². The van der Waals surface area contributed by atoms with Crippen molar-refractivity contribution in [1.82, 2.24) is 30.4 Å². The number of imide groups is 2. The Labute approximate surface area is 422 Å². The number of ether oxygens (including phenoxy) is 3. The molecule has 22 heteroatoms. The minimum absolute atomic E-state index is 0.0276. The molecule has 394 valence electrons.